The zero-order valence-electron chi connectivity index (χ0n) is 10.4. The lowest BCUT2D eigenvalue weighted by Gasteiger charge is -2.18. The maximum Gasteiger partial charge on any atom is 0.0822 e. The van der Waals surface area contributed by atoms with Crippen molar-refractivity contribution < 1.29 is 2.74 Å². The molecule has 0 fully saturated rings. The average molecular weight is 225 g/mol. The van der Waals surface area contributed by atoms with E-state index in [4.69, 9.17) is 2.74 Å². The smallest absolute Gasteiger partial charge is 0.0822 e. The van der Waals surface area contributed by atoms with Gasteiger partial charge in [-0.2, -0.15) is 0 Å². The van der Waals surface area contributed by atoms with Gasteiger partial charge in [0.05, 0.1) is 13.9 Å². The summed E-state index contributed by atoms with van der Waals surface area (Å²) in [5, 5.41) is 1.07. The van der Waals surface area contributed by atoms with Gasteiger partial charge >= 0.3 is 0 Å². The maximum absolute atomic E-state index is 8.13. The van der Waals surface area contributed by atoms with Gasteiger partial charge in [0, 0.05) is 21.4 Å². The molecule has 1 aliphatic heterocycles. The van der Waals surface area contributed by atoms with Gasteiger partial charge in [0.15, 0.2) is 0 Å². The minimum absolute atomic E-state index is 0.443. The van der Waals surface area contributed by atoms with E-state index in [1.807, 2.05) is 34.9 Å². The highest BCUT2D eigenvalue weighted by molar-refractivity contribution is 7.99. The Morgan fingerprint density at radius 3 is 2.94 bits per heavy atom. The van der Waals surface area contributed by atoms with Gasteiger partial charge in [-0.3, -0.25) is 0 Å². The van der Waals surface area contributed by atoms with Gasteiger partial charge < -0.3 is 4.57 Å². The first-order valence-electron chi connectivity index (χ1n) is 6.14. The second-order valence-corrected chi connectivity index (χ2v) is 4.87. The molecule has 1 aliphatic rings. The van der Waals surface area contributed by atoms with E-state index >= 15 is 0 Å². The summed E-state index contributed by atoms with van der Waals surface area (Å²) >= 11 is 1.68. The van der Waals surface area contributed by atoms with Crippen molar-refractivity contribution in [2.45, 2.75) is 9.79 Å². The standard InChI is InChI=1S/C14H9NS/c1-2-6-12-11(5-1)15-9-8-10-4-3-7-13(16-12)14(10)15/h1-9H/i5D,9D. The van der Waals surface area contributed by atoms with Gasteiger partial charge in [0.2, 0.25) is 0 Å². The number of aromatic nitrogens is 1. The molecule has 1 aromatic heterocycles. The van der Waals surface area contributed by atoms with Crippen molar-refractivity contribution in [2.75, 3.05) is 0 Å². The fourth-order valence-electron chi connectivity index (χ4n) is 2.14. The highest BCUT2D eigenvalue weighted by atomic mass is 32.2. The first-order chi connectivity index (χ1) is 8.75. The number of benzene rings is 2. The van der Waals surface area contributed by atoms with Crippen LogP contribution in [0, 0.1) is 0 Å². The van der Waals surface area contributed by atoms with E-state index in [0.717, 1.165) is 26.4 Å². The Labute approximate surface area is 101 Å². The van der Waals surface area contributed by atoms with E-state index in [0.29, 0.717) is 12.2 Å². The van der Waals surface area contributed by atoms with Crippen LogP contribution in [0.3, 0.4) is 0 Å². The van der Waals surface area contributed by atoms with E-state index in [9.17, 15) is 0 Å². The molecule has 0 bridgehead atoms. The Hall–Kier alpha value is -1.67. The van der Waals surface area contributed by atoms with E-state index in [1.165, 1.54) is 0 Å². The van der Waals surface area contributed by atoms with Crippen molar-refractivity contribution in [3.63, 3.8) is 0 Å². The van der Waals surface area contributed by atoms with Crippen LogP contribution in [0.2, 0.25) is 0 Å². The number of nitrogens with zero attached hydrogens (tertiary/aromatic N) is 1. The summed E-state index contributed by atoms with van der Waals surface area (Å²) in [4.78, 5) is 2.20. The van der Waals surface area contributed by atoms with Gasteiger partial charge in [-0.25, -0.2) is 0 Å². The zero-order valence-corrected chi connectivity index (χ0v) is 9.21. The summed E-state index contributed by atoms with van der Waals surface area (Å²) < 4.78 is 18.1. The third-order valence-corrected chi connectivity index (χ3v) is 3.94. The molecule has 0 spiro atoms. The van der Waals surface area contributed by atoms with E-state index in [-0.39, 0.29) is 0 Å². The fraction of sp³-hybridized carbons (Fsp3) is 0. The maximum atomic E-state index is 8.13. The Morgan fingerprint density at radius 1 is 1.00 bits per heavy atom. The van der Waals surface area contributed by atoms with Crippen LogP contribution in [0.4, 0.5) is 0 Å². The molecule has 2 heteroatoms. The van der Waals surface area contributed by atoms with Gasteiger partial charge in [-0.15, -0.1) is 0 Å². The molecular weight excluding hydrogens is 214 g/mol. The molecule has 2 aromatic carbocycles. The summed E-state index contributed by atoms with van der Waals surface area (Å²) in [6.45, 7) is 0. The van der Waals surface area contributed by atoms with Gasteiger partial charge in [0.1, 0.15) is 0 Å². The fourth-order valence-corrected chi connectivity index (χ4v) is 3.22. The molecule has 0 amide bonds. The SMILES string of the molecule is [2H]c1cccc2c1-n1c([2H])cc3cccc(c31)S2. The summed E-state index contributed by atoms with van der Waals surface area (Å²) in [6.07, 6.45) is 0.443. The molecule has 2 heterocycles. The Morgan fingerprint density at radius 2 is 1.94 bits per heavy atom. The lowest BCUT2D eigenvalue weighted by Crippen LogP contribution is -1.99. The van der Waals surface area contributed by atoms with Crippen molar-refractivity contribution in [2.24, 2.45) is 0 Å². The van der Waals surface area contributed by atoms with Crippen molar-refractivity contribution in [1.82, 2.24) is 4.57 Å². The molecule has 1 nitrogen and oxygen atoms in total. The summed E-state index contributed by atoms with van der Waals surface area (Å²) in [5.41, 5.74) is 1.89. The Balaban J connectivity index is 2.24. The molecule has 0 radical (unpaired) electrons. The predicted octanol–water partition coefficient (Wildman–Crippen LogP) is 4.10. The summed E-state index contributed by atoms with van der Waals surface area (Å²) in [7, 11) is 0. The van der Waals surface area contributed by atoms with Crippen LogP contribution in [-0.2, 0) is 0 Å². The molecule has 0 saturated heterocycles. The average Bonchev–Trinajstić information content (AvgIpc) is 2.69. The lowest BCUT2D eigenvalue weighted by molar-refractivity contribution is 1.05. The van der Waals surface area contributed by atoms with Crippen molar-refractivity contribution in [3.05, 3.63) is 54.7 Å². The summed E-state index contributed by atoms with van der Waals surface area (Å²) in [5.74, 6) is 0. The summed E-state index contributed by atoms with van der Waals surface area (Å²) in [6, 6.07) is 14.1. The first kappa shape index (κ1) is 6.81. The molecule has 0 N–H and O–H groups in total. The second-order valence-electron chi connectivity index (χ2n) is 3.79. The molecule has 0 unspecified atom stereocenters. The lowest BCUT2D eigenvalue weighted by atomic mass is 10.2. The van der Waals surface area contributed by atoms with Crippen LogP contribution in [0.5, 0.6) is 0 Å². The van der Waals surface area contributed by atoms with Crippen LogP contribution in [0.15, 0.2) is 64.5 Å². The van der Waals surface area contributed by atoms with Crippen LogP contribution >= 0.6 is 11.8 Å². The largest absolute Gasteiger partial charge is 0.314 e. The van der Waals surface area contributed by atoms with Crippen LogP contribution in [0.1, 0.15) is 2.74 Å². The topological polar surface area (TPSA) is 4.93 Å². The number of fused-ring (bicyclic) bond motifs is 2. The van der Waals surface area contributed by atoms with Gasteiger partial charge in [0.25, 0.3) is 0 Å². The van der Waals surface area contributed by atoms with E-state index < -0.39 is 0 Å². The van der Waals surface area contributed by atoms with Crippen molar-refractivity contribution >= 4 is 22.7 Å². The molecule has 0 atom stereocenters. The number of hydrogen-bond donors (Lipinski definition) is 0. The van der Waals surface area contributed by atoms with Crippen molar-refractivity contribution in [3.8, 4) is 5.69 Å². The number of hydrogen-bond acceptors (Lipinski definition) is 1. The third kappa shape index (κ3) is 0.973. The van der Waals surface area contributed by atoms with Crippen LogP contribution < -0.4 is 0 Å². The van der Waals surface area contributed by atoms with Crippen LogP contribution in [-0.4, -0.2) is 4.57 Å². The van der Waals surface area contributed by atoms with Crippen molar-refractivity contribution in [1.29, 1.82) is 0 Å². The monoisotopic (exact) mass is 225 g/mol. The minimum Gasteiger partial charge on any atom is -0.314 e. The zero-order chi connectivity index (χ0) is 12.3. The van der Waals surface area contributed by atoms with E-state index in [2.05, 4.69) is 6.07 Å². The molecule has 4 rings (SSSR count). The third-order valence-electron chi connectivity index (χ3n) is 2.84. The van der Waals surface area contributed by atoms with Gasteiger partial charge in [-0.1, -0.05) is 36.0 Å². The Kier molecular flexibility index (Phi) is 1.25. The highest BCUT2D eigenvalue weighted by Crippen LogP contribution is 2.42. The molecule has 16 heavy (non-hydrogen) atoms. The predicted molar refractivity (Wildman–Crippen MR) is 67.4 cm³/mol. The van der Waals surface area contributed by atoms with Crippen LogP contribution in [0.25, 0.3) is 16.6 Å². The molecule has 0 aliphatic carbocycles. The quantitative estimate of drug-likeness (QED) is 0.436. The first-order valence-corrected chi connectivity index (χ1v) is 5.96. The molecule has 3 aromatic rings. The van der Waals surface area contributed by atoms with E-state index in [1.54, 1.807) is 17.8 Å². The highest BCUT2D eigenvalue weighted by Gasteiger charge is 2.17. The normalized spacial score (nSPS) is 14.5. The Bertz CT molecular complexity index is 792. The molecule has 76 valence electrons. The minimum atomic E-state index is 0.443. The van der Waals surface area contributed by atoms with Gasteiger partial charge in [-0.05, 0) is 24.2 Å². The number of para-hydroxylation sites is 2. The second kappa shape index (κ2) is 2.92. The molecular formula is C14H9NS. The number of rotatable bonds is 0. The molecule has 0 saturated carbocycles.